The molecule has 0 saturated carbocycles. The fourth-order valence-corrected chi connectivity index (χ4v) is 4.66. The van der Waals surface area contributed by atoms with E-state index in [1.54, 1.807) is 14.2 Å². The van der Waals surface area contributed by atoms with E-state index in [9.17, 15) is 0 Å². The van der Waals surface area contributed by atoms with Gasteiger partial charge in [-0.1, -0.05) is 74.5 Å². The molecule has 0 fully saturated rings. The molecule has 5 rings (SSSR count). The second kappa shape index (κ2) is 8.32. The van der Waals surface area contributed by atoms with Gasteiger partial charge in [0.25, 0.3) is 0 Å². The third-order valence-corrected chi connectivity index (χ3v) is 6.48. The molecule has 1 aliphatic rings. The van der Waals surface area contributed by atoms with E-state index in [0.717, 1.165) is 39.3 Å². The summed E-state index contributed by atoms with van der Waals surface area (Å²) in [6, 6.07) is 27.0. The van der Waals surface area contributed by atoms with Crippen molar-refractivity contribution in [2.75, 3.05) is 14.2 Å². The van der Waals surface area contributed by atoms with Gasteiger partial charge in [-0.05, 0) is 47.2 Å². The summed E-state index contributed by atoms with van der Waals surface area (Å²) in [5.74, 6) is 2.93. The van der Waals surface area contributed by atoms with Crippen LogP contribution in [0.3, 0.4) is 0 Å². The van der Waals surface area contributed by atoms with Gasteiger partial charge >= 0.3 is 0 Å². The molecule has 0 saturated heterocycles. The van der Waals surface area contributed by atoms with Crippen LogP contribution >= 0.6 is 0 Å². The Morgan fingerprint density at radius 2 is 1.33 bits per heavy atom. The Kier molecular flexibility index (Phi) is 5.33. The van der Waals surface area contributed by atoms with E-state index < -0.39 is 5.60 Å². The topological polar surface area (TPSA) is 27.7 Å². The Labute approximate surface area is 195 Å². The van der Waals surface area contributed by atoms with E-state index in [4.69, 9.17) is 14.2 Å². The van der Waals surface area contributed by atoms with Crippen molar-refractivity contribution in [1.29, 1.82) is 0 Å². The molecule has 0 aliphatic carbocycles. The molecule has 4 aromatic carbocycles. The molecule has 0 unspecified atom stereocenters. The van der Waals surface area contributed by atoms with Gasteiger partial charge in [-0.15, -0.1) is 0 Å². The van der Waals surface area contributed by atoms with Crippen molar-refractivity contribution in [1.82, 2.24) is 0 Å². The molecule has 4 aromatic rings. The maximum atomic E-state index is 7.07. The van der Waals surface area contributed by atoms with Gasteiger partial charge in [0.15, 0.2) is 5.60 Å². The first kappa shape index (κ1) is 21.1. The normalized spacial score (nSPS) is 14.1. The lowest BCUT2D eigenvalue weighted by Gasteiger charge is -2.37. The molecule has 0 spiro atoms. The second-order valence-electron chi connectivity index (χ2n) is 8.71. The zero-order valence-electron chi connectivity index (χ0n) is 19.5. The maximum absolute atomic E-state index is 7.07. The zero-order chi connectivity index (χ0) is 23.0. The predicted octanol–water partition coefficient (Wildman–Crippen LogP) is 7.33. The molecule has 166 valence electrons. The lowest BCUT2D eigenvalue weighted by Crippen LogP contribution is -2.34. The Hall–Kier alpha value is -3.72. The van der Waals surface area contributed by atoms with Crippen LogP contribution in [0.25, 0.3) is 16.8 Å². The summed E-state index contributed by atoms with van der Waals surface area (Å²) in [7, 11) is 3.36. The lowest BCUT2D eigenvalue weighted by atomic mass is 9.81. The highest BCUT2D eigenvalue weighted by atomic mass is 16.5. The molecular weight excluding hydrogens is 408 g/mol. The minimum absolute atomic E-state index is 0.381. The highest BCUT2D eigenvalue weighted by Gasteiger charge is 2.38. The lowest BCUT2D eigenvalue weighted by molar-refractivity contribution is 0.163. The quantitative estimate of drug-likeness (QED) is 0.328. The summed E-state index contributed by atoms with van der Waals surface area (Å²) in [5, 5.41) is 2.31. The average Bonchev–Trinajstić information content (AvgIpc) is 2.88. The Morgan fingerprint density at radius 1 is 0.758 bits per heavy atom. The van der Waals surface area contributed by atoms with Crippen molar-refractivity contribution in [3.8, 4) is 17.2 Å². The molecule has 0 N–H and O–H groups in total. The minimum Gasteiger partial charge on any atom is -0.497 e. The summed E-state index contributed by atoms with van der Waals surface area (Å²) in [6.45, 7) is 4.46. The summed E-state index contributed by atoms with van der Waals surface area (Å²) >= 11 is 0. The molecule has 0 aromatic heterocycles. The highest BCUT2D eigenvalue weighted by Crippen LogP contribution is 2.47. The van der Waals surface area contributed by atoms with Crippen LogP contribution < -0.4 is 14.2 Å². The number of methoxy groups -OCH3 is 2. The number of benzene rings is 4. The van der Waals surface area contributed by atoms with Gasteiger partial charge in [0.1, 0.15) is 17.2 Å². The van der Waals surface area contributed by atoms with Crippen LogP contribution in [0, 0.1) is 0 Å². The SMILES string of the molecule is COc1ccc(C2(c3ccc(OC)cc3)C=Cc3c(C(C)C)cc4ccccc4c3O2)cc1. The largest absolute Gasteiger partial charge is 0.497 e. The number of ether oxygens (including phenoxy) is 3. The van der Waals surface area contributed by atoms with Crippen LogP contribution in [-0.2, 0) is 5.60 Å². The summed E-state index contributed by atoms with van der Waals surface area (Å²) in [6.07, 6.45) is 4.41. The standard InChI is InChI=1S/C30H28O3/c1-20(2)28-19-21-7-5-6-8-26(21)29-27(28)17-18-30(33-29,22-9-13-24(31-3)14-10-22)23-11-15-25(32-4)16-12-23/h5-20H,1-4H3. The molecule has 0 atom stereocenters. The fourth-order valence-electron chi connectivity index (χ4n) is 4.66. The van der Waals surface area contributed by atoms with Crippen LogP contribution in [0.4, 0.5) is 0 Å². The first-order valence-corrected chi connectivity index (χ1v) is 11.3. The van der Waals surface area contributed by atoms with Crippen molar-refractivity contribution < 1.29 is 14.2 Å². The molecule has 3 heteroatoms. The smallest absolute Gasteiger partial charge is 0.178 e. The van der Waals surface area contributed by atoms with Crippen LogP contribution in [-0.4, -0.2) is 14.2 Å². The van der Waals surface area contributed by atoms with Gasteiger partial charge in [0, 0.05) is 22.1 Å². The fraction of sp³-hybridized carbons (Fsp3) is 0.200. The van der Waals surface area contributed by atoms with Crippen molar-refractivity contribution >= 4 is 16.8 Å². The molecule has 0 amide bonds. The molecule has 0 bridgehead atoms. The van der Waals surface area contributed by atoms with Crippen molar-refractivity contribution in [3.05, 3.63) is 107 Å². The molecule has 1 heterocycles. The van der Waals surface area contributed by atoms with Crippen LogP contribution in [0.2, 0.25) is 0 Å². The number of hydrogen-bond donors (Lipinski definition) is 0. The van der Waals surface area contributed by atoms with E-state index >= 15 is 0 Å². The van der Waals surface area contributed by atoms with Gasteiger partial charge in [-0.25, -0.2) is 0 Å². The molecule has 33 heavy (non-hydrogen) atoms. The number of fused-ring (bicyclic) bond motifs is 3. The van der Waals surface area contributed by atoms with Crippen molar-refractivity contribution in [2.24, 2.45) is 0 Å². The van der Waals surface area contributed by atoms with Crippen LogP contribution in [0.1, 0.15) is 42.0 Å². The van der Waals surface area contributed by atoms with Crippen LogP contribution in [0.5, 0.6) is 17.2 Å². The van der Waals surface area contributed by atoms with E-state index in [1.165, 1.54) is 10.9 Å². The van der Waals surface area contributed by atoms with E-state index in [2.05, 4.69) is 80.6 Å². The molecular formula is C30H28O3. The van der Waals surface area contributed by atoms with E-state index in [-0.39, 0.29) is 0 Å². The number of rotatable bonds is 5. The molecule has 0 radical (unpaired) electrons. The van der Waals surface area contributed by atoms with Gasteiger partial charge in [0.05, 0.1) is 14.2 Å². The maximum Gasteiger partial charge on any atom is 0.178 e. The summed E-state index contributed by atoms with van der Waals surface area (Å²) < 4.78 is 17.9. The van der Waals surface area contributed by atoms with E-state index in [0.29, 0.717) is 5.92 Å². The molecule has 3 nitrogen and oxygen atoms in total. The Balaban J connectivity index is 1.76. The van der Waals surface area contributed by atoms with Crippen molar-refractivity contribution in [2.45, 2.75) is 25.4 Å². The van der Waals surface area contributed by atoms with Gasteiger partial charge < -0.3 is 14.2 Å². The third-order valence-electron chi connectivity index (χ3n) is 6.48. The van der Waals surface area contributed by atoms with Crippen molar-refractivity contribution in [3.63, 3.8) is 0 Å². The third kappa shape index (κ3) is 3.54. The minimum atomic E-state index is -0.774. The summed E-state index contributed by atoms with van der Waals surface area (Å²) in [5.41, 5.74) is 3.74. The van der Waals surface area contributed by atoms with E-state index in [1.807, 2.05) is 24.3 Å². The molecule has 1 aliphatic heterocycles. The predicted molar refractivity (Wildman–Crippen MR) is 134 cm³/mol. The Morgan fingerprint density at radius 3 is 1.88 bits per heavy atom. The van der Waals surface area contributed by atoms with Gasteiger partial charge in [0.2, 0.25) is 0 Å². The number of hydrogen-bond acceptors (Lipinski definition) is 3. The highest BCUT2D eigenvalue weighted by molar-refractivity contribution is 5.94. The average molecular weight is 437 g/mol. The second-order valence-corrected chi connectivity index (χ2v) is 8.71. The first-order valence-electron chi connectivity index (χ1n) is 11.3. The zero-order valence-corrected chi connectivity index (χ0v) is 19.5. The van der Waals surface area contributed by atoms with Crippen LogP contribution in [0.15, 0.2) is 84.9 Å². The monoisotopic (exact) mass is 436 g/mol. The van der Waals surface area contributed by atoms with Gasteiger partial charge in [-0.3, -0.25) is 0 Å². The van der Waals surface area contributed by atoms with Gasteiger partial charge in [-0.2, -0.15) is 0 Å². The first-order chi connectivity index (χ1) is 16.1. The summed E-state index contributed by atoms with van der Waals surface area (Å²) in [4.78, 5) is 0. The Bertz CT molecular complexity index is 1270.